The van der Waals surface area contributed by atoms with Crippen molar-refractivity contribution >= 4 is 40.9 Å². The number of hydrogen-bond acceptors (Lipinski definition) is 6. The molecule has 8 nitrogen and oxygen atoms in total. The van der Waals surface area contributed by atoms with Crippen LogP contribution in [-0.2, 0) is 14.4 Å². The van der Waals surface area contributed by atoms with Crippen LogP contribution in [-0.4, -0.2) is 76.6 Å². The number of fused-ring (bicyclic) bond motifs is 1. The van der Waals surface area contributed by atoms with Crippen molar-refractivity contribution in [1.29, 1.82) is 0 Å². The van der Waals surface area contributed by atoms with E-state index in [-0.39, 0.29) is 42.0 Å². The van der Waals surface area contributed by atoms with E-state index in [1.807, 2.05) is 42.5 Å². The maximum Gasteiger partial charge on any atom is 0.251 e. The third-order valence-electron chi connectivity index (χ3n) is 9.05. The number of aliphatic hydroxyl groups is 1. The first-order valence-corrected chi connectivity index (χ1v) is 15.3. The Hall–Kier alpha value is -3.56. The lowest BCUT2D eigenvalue weighted by Gasteiger charge is -2.41. The summed E-state index contributed by atoms with van der Waals surface area (Å²) in [4.78, 5) is 48.5. The minimum atomic E-state index is -0.855. The Morgan fingerprint density at radius 1 is 1.07 bits per heavy atom. The number of aliphatic hydroxyl groups excluding tert-OH is 1. The van der Waals surface area contributed by atoms with E-state index in [1.54, 1.807) is 64.8 Å². The van der Waals surface area contributed by atoms with Crippen LogP contribution in [0.4, 0.5) is 11.4 Å². The molecule has 9 heteroatoms. The van der Waals surface area contributed by atoms with Gasteiger partial charge >= 0.3 is 0 Å². The molecule has 1 spiro atoms. The molecule has 3 saturated heterocycles. The first-order valence-electron chi connectivity index (χ1n) is 14.4. The number of carbonyl (C=O) groups excluding carboxylic acids is 3. The Kier molecular flexibility index (Phi) is 8.53. The number of benzene rings is 2. The molecule has 0 aromatic heterocycles. The van der Waals surface area contributed by atoms with Crippen molar-refractivity contribution in [2.75, 3.05) is 36.6 Å². The first-order chi connectivity index (χ1) is 20.2. The van der Waals surface area contributed by atoms with Gasteiger partial charge in [-0.15, -0.1) is 24.9 Å². The van der Waals surface area contributed by atoms with Gasteiger partial charge in [-0.3, -0.25) is 14.4 Å². The van der Waals surface area contributed by atoms with Gasteiger partial charge in [0.25, 0.3) is 5.91 Å². The second-order valence-corrected chi connectivity index (χ2v) is 12.9. The van der Waals surface area contributed by atoms with Crippen LogP contribution in [0.5, 0.6) is 5.75 Å². The lowest BCUT2D eigenvalue weighted by Crippen LogP contribution is -2.59. The Bertz CT molecular complexity index is 1350. The maximum atomic E-state index is 14.7. The number of rotatable bonds is 11. The molecular formula is C33H39N3O5S. The SMILES string of the molecule is C=CCN(C(=O)C1N([C@H](C)CO)C(=O)[C@@H]2[C@H](C(=O)N(CC=C)c3ccccc3)[C@@H]3CC(C)C12S3)c1ccc(OC)cc1. The number of anilines is 2. The molecule has 3 aliphatic heterocycles. The van der Waals surface area contributed by atoms with E-state index >= 15 is 0 Å². The van der Waals surface area contributed by atoms with Crippen molar-refractivity contribution in [1.82, 2.24) is 4.90 Å². The molecule has 5 rings (SSSR count). The molecule has 2 aromatic rings. The van der Waals surface area contributed by atoms with Gasteiger partial charge < -0.3 is 24.5 Å². The van der Waals surface area contributed by atoms with E-state index in [2.05, 4.69) is 20.1 Å². The molecule has 42 heavy (non-hydrogen) atoms. The number of thioether (sulfide) groups is 1. The fourth-order valence-electron chi connectivity index (χ4n) is 7.18. The fourth-order valence-corrected chi connectivity index (χ4v) is 9.58. The lowest BCUT2D eigenvalue weighted by atomic mass is 9.65. The largest absolute Gasteiger partial charge is 0.497 e. The molecule has 2 aromatic carbocycles. The van der Waals surface area contributed by atoms with Gasteiger partial charge in [0.15, 0.2) is 0 Å². The molecule has 222 valence electrons. The molecule has 3 unspecified atom stereocenters. The number of para-hydroxylation sites is 1. The van der Waals surface area contributed by atoms with Crippen LogP contribution in [0.2, 0.25) is 0 Å². The third-order valence-corrected chi connectivity index (χ3v) is 11.1. The van der Waals surface area contributed by atoms with Crippen LogP contribution >= 0.6 is 11.8 Å². The van der Waals surface area contributed by atoms with Gasteiger partial charge in [0, 0.05) is 29.7 Å². The highest BCUT2D eigenvalue weighted by Crippen LogP contribution is 2.69. The lowest BCUT2D eigenvalue weighted by molar-refractivity contribution is -0.141. The second-order valence-electron chi connectivity index (χ2n) is 11.3. The number of amides is 3. The normalized spacial score (nSPS) is 28.2. The average molecular weight is 590 g/mol. The third kappa shape index (κ3) is 4.63. The van der Waals surface area contributed by atoms with Crippen molar-refractivity contribution in [2.24, 2.45) is 17.8 Å². The highest BCUT2D eigenvalue weighted by Gasteiger charge is 2.76. The molecule has 0 saturated carbocycles. The Labute approximate surface area is 252 Å². The molecule has 2 bridgehead atoms. The van der Waals surface area contributed by atoms with Gasteiger partial charge in [0.2, 0.25) is 11.8 Å². The van der Waals surface area contributed by atoms with Crippen LogP contribution in [0, 0.1) is 17.8 Å². The summed E-state index contributed by atoms with van der Waals surface area (Å²) < 4.78 is 4.49. The van der Waals surface area contributed by atoms with E-state index in [0.717, 1.165) is 12.1 Å². The van der Waals surface area contributed by atoms with E-state index < -0.39 is 28.7 Å². The van der Waals surface area contributed by atoms with Crippen LogP contribution in [0.25, 0.3) is 0 Å². The van der Waals surface area contributed by atoms with Crippen LogP contribution in [0.15, 0.2) is 79.9 Å². The zero-order valence-corrected chi connectivity index (χ0v) is 25.2. The molecule has 3 fully saturated rings. The fraction of sp³-hybridized carbons (Fsp3) is 0.424. The van der Waals surface area contributed by atoms with Crippen LogP contribution in [0.1, 0.15) is 20.3 Å². The molecule has 3 amide bonds. The Balaban J connectivity index is 1.59. The van der Waals surface area contributed by atoms with Crippen LogP contribution in [0.3, 0.4) is 0 Å². The molecule has 1 N–H and O–H groups in total. The summed E-state index contributed by atoms with van der Waals surface area (Å²) in [7, 11) is 1.58. The summed E-state index contributed by atoms with van der Waals surface area (Å²) in [6, 6.07) is 15.2. The van der Waals surface area contributed by atoms with Gasteiger partial charge in [-0.1, -0.05) is 37.3 Å². The Morgan fingerprint density at radius 3 is 2.24 bits per heavy atom. The Morgan fingerprint density at radius 2 is 1.67 bits per heavy atom. The van der Waals surface area contributed by atoms with E-state index in [4.69, 9.17) is 4.74 Å². The summed E-state index contributed by atoms with van der Waals surface area (Å²) in [6.45, 7) is 11.8. The predicted molar refractivity (Wildman–Crippen MR) is 167 cm³/mol. The summed E-state index contributed by atoms with van der Waals surface area (Å²) >= 11 is 1.62. The number of hydrogen-bond donors (Lipinski definition) is 1. The first kappa shape index (κ1) is 29.9. The number of nitrogens with zero attached hydrogens (tertiary/aromatic N) is 3. The van der Waals surface area contributed by atoms with Crippen molar-refractivity contribution < 1.29 is 24.2 Å². The van der Waals surface area contributed by atoms with E-state index in [0.29, 0.717) is 18.0 Å². The van der Waals surface area contributed by atoms with Gasteiger partial charge in [0.05, 0.1) is 36.3 Å². The smallest absolute Gasteiger partial charge is 0.251 e. The second kappa shape index (κ2) is 12.0. The zero-order chi connectivity index (χ0) is 30.2. The molecule has 0 radical (unpaired) electrons. The van der Waals surface area contributed by atoms with E-state index in [9.17, 15) is 19.5 Å². The summed E-state index contributed by atoms with van der Waals surface area (Å²) in [5.41, 5.74) is 1.40. The standard InChI is InChI=1S/C33H39N3O5S/c1-6-17-34(23-11-9-8-10-12-23)30(38)27-26-19-21(3)33(42-26)28(27)31(39)36(22(4)20-37)29(33)32(40)35(18-7-2)24-13-15-25(41-5)16-14-24/h6-16,21-22,26-29,37H,1-2,17-20H2,3-5H3/t21?,22-,26+,27-,28+,29?,33?/m1/s1. The van der Waals surface area contributed by atoms with Gasteiger partial charge in [-0.25, -0.2) is 0 Å². The summed E-state index contributed by atoms with van der Waals surface area (Å²) in [5.74, 6) is -1.24. The van der Waals surface area contributed by atoms with Crippen molar-refractivity contribution in [3.63, 3.8) is 0 Å². The van der Waals surface area contributed by atoms with Crippen molar-refractivity contribution in [2.45, 2.75) is 42.3 Å². The maximum absolute atomic E-state index is 14.7. The van der Waals surface area contributed by atoms with Crippen LogP contribution < -0.4 is 14.5 Å². The van der Waals surface area contributed by atoms with Gasteiger partial charge in [0.1, 0.15) is 11.8 Å². The minimum Gasteiger partial charge on any atom is -0.497 e. The van der Waals surface area contributed by atoms with E-state index in [1.165, 1.54) is 0 Å². The topological polar surface area (TPSA) is 90.4 Å². The monoisotopic (exact) mass is 589 g/mol. The van der Waals surface area contributed by atoms with Crippen molar-refractivity contribution in [3.05, 3.63) is 79.9 Å². The zero-order valence-electron chi connectivity index (χ0n) is 24.4. The number of carbonyl (C=O) groups is 3. The summed E-state index contributed by atoms with van der Waals surface area (Å²) in [6.07, 6.45) is 4.07. The number of methoxy groups -OCH3 is 1. The quantitative estimate of drug-likeness (QED) is 0.396. The molecular weight excluding hydrogens is 550 g/mol. The van der Waals surface area contributed by atoms with Gasteiger partial charge in [-0.2, -0.15) is 0 Å². The molecule has 7 atom stereocenters. The number of ether oxygens (including phenoxy) is 1. The molecule has 3 heterocycles. The number of likely N-dealkylation sites (tertiary alicyclic amines) is 1. The summed E-state index contributed by atoms with van der Waals surface area (Å²) in [5, 5.41) is 10.2. The highest BCUT2D eigenvalue weighted by molar-refractivity contribution is 8.02. The minimum absolute atomic E-state index is 0.00127. The highest BCUT2D eigenvalue weighted by atomic mass is 32.2. The van der Waals surface area contributed by atoms with Crippen molar-refractivity contribution in [3.8, 4) is 5.75 Å². The average Bonchev–Trinajstić information content (AvgIpc) is 3.61. The molecule has 3 aliphatic rings. The molecule has 0 aliphatic carbocycles. The predicted octanol–water partition coefficient (Wildman–Crippen LogP) is 4.15. The van der Waals surface area contributed by atoms with Gasteiger partial charge in [-0.05, 0) is 55.7 Å².